The molecule has 1 saturated carbocycles. The van der Waals surface area contributed by atoms with Gasteiger partial charge in [-0.1, -0.05) is 0 Å². The zero-order chi connectivity index (χ0) is 10.7. The molecule has 0 bridgehead atoms. The van der Waals surface area contributed by atoms with E-state index in [2.05, 4.69) is 11.9 Å². The first-order chi connectivity index (χ1) is 7.25. The Kier molecular flexibility index (Phi) is 4.00. The van der Waals surface area contributed by atoms with Gasteiger partial charge in [0.05, 0.1) is 6.61 Å². The van der Waals surface area contributed by atoms with Crippen LogP contribution in [0.4, 0.5) is 0 Å². The largest absolute Gasteiger partial charge is 0.380 e. The smallest absolute Gasteiger partial charge is 0.0622 e. The molecular formula is C12H24N2O. The van der Waals surface area contributed by atoms with Gasteiger partial charge in [-0.15, -0.1) is 0 Å². The van der Waals surface area contributed by atoms with Crippen molar-refractivity contribution in [2.45, 2.75) is 44.2 Å². The highest BCUT2D eigenvalue weighted by Crippen LogP contribution is 2.25. The minimum absolute atomic E-state index is 0.473. The standard InChI is InChI=1S/C12H24N2O/c1-14(12-6-7-15-9-12)8-10-2-4-11(13)5-3-10/h10-12H,2-9,13H2,1H3. The molecule has 1 unspecified atom stereocenters. The third kappa shape index (κ3) is 3.16. The lowest BCUT2D eigenvalue weighted by molar-refractivity contribution is 0.139. The maximum atomic E-state index is 5.92. The summed E-state index contributed by atoms with van der Waals surface area (Å²) in [6, 6.07) is 1.14. The van der Waals surface area contributed by atoms with Crippen LogP contribution in [-0.4, -0.2) is 43.8 Å². The van der Waals surface area contributed by atoms with E-state index in [1.165, 1.54) is 38.6 Å². The monoisotopic (exact) mass is 212 g/mol. The fourth-order valence-corrected chi connectivity index (χ4v) is 2.80. The lowest BCUT2D eigenvalue weighted by Crippen LogP contribution is -2.38. The van der Waals surface area contributed by atoms with Gasteiger partial charge in [-0.3, -0.25) is 0 Å². The second-order valence-corrected chi connectivity index (χ2v) is 5.24. The molecule has 1 aliphatic carbocycles. The molecule has 88 valence electrons. The SMILES string of the molecule is CN(CC1CCC(N)CC1)C1CCOC1. The molecule has 2 fully saturated rings. The number of hydrogen-bond donors (Lipinski definition) is 1. The summed E-state index contributed by atoms with van der Waals surface area (Å²) in [4.78, 5) is 2.49. The molecular weight excluding hydrogens is 188 g/mol. The topological polar surface area (TPSA) is 38.5 Å². The number of hydrogen-bond acceptors (Lipinski definition) is 3. The molecule has 0 aromatic carbocycles. The maximum absolute atomic E-state index is 5.92. The highest BCUT2D eigenvalue weighted by Gasteiger charge is 2.24. The third-order valence-corrected chi connectivity index (χ3v) is 3.97. The van der Waals surface area contributed by atoms with Crippen LogP contribution in [0, 0.1) is 5.92 Å². The van der Waals surface area contributed by atoms with Gasteiger partial charge in [0.15, 0.2) is 0 Å². The Morgan fingerprint density at radius 2 is 1.93 bits per heavy atom. The summed E-state index contributed by atoms with van der Waals surface area (Å²) in [6.45, 7) is 3.12. The van der Waals surface area contributed by atoms with Gasteiger partial charge >= 0.3 is 0 Å². The Bertz CT molecular complexity index is 184. The Labute approximate surface area is 93.0 Å². The molecule has 0 aromatic rings. The first-order valence-electron chi connectivity index (χ1n) is 6.29. The van der Waals surface area contributed by atoms with Gasteiger partial charge in [-0.25, -0.2) is 0 Å². The van der Waals surface area contributed by atoms with Gasteiger partial charge in [0.1, 0.15) is 0 Å². The van der Waals surface area contributed by atoms with E-state index in [-0.39, 0.29) is 0 Å². The lowest BCUT2D eigenvalue weighted by Gasteiger charge is -2.32. The first kappa shape index (κ1) is 11.4. The lowest BCUT2D eigenvalue weighted by atomic mass is 9.86. The number of nitrogens with zero attached hydrogens (tertiary/aromatic N) is 1. The average molecular weight is 212 g/mol. The van der Waals surface area contributed by atoms with Gasteiger partial charge in [0.2, 0.25) is 0 Å². The van der Waals surface area contributed by atoms with Crippen LogP contribution in [0.2, 0.25) is 0 Å². The van der Waals surface area contributed by atoms with Crippen molar-refractivity contribution in [3.8, 4) is 0 Å². The van der Waals surface area contributed by atoms with Crippen molar-refractivity contribution >= 4 is 0 Å². The maximum Gasteiger partial charge on any atom is 0.0622 e. The van der Waals surface area contributed by atoms with E-state index in [9.17, 15) is 0 Å². The van der Waals surface area contributed by atoms with Crippen LogP contribution in [0.25, 0.3) is 0 Å². The minimum Gasteiger partial charge on any atom is -0.380 e. The fourth-order valence-electron chi connectivity index (χ4n) is 2.80. The van der Waals surface area contributed by atoms with E-state index in [4.69, 9.17) is 10.5 Å². The average Bonchev–Trinajstić information content (AvgIpc) is 2.74. The van der Waals surface area contributed by atoms with Crippen LogP contribution in [0.3, 0.4) is 0 Å². The van der Waals surface area contributed by atoms with Crippen molar-refractivity contribution in [3.63, 3.8) is 0 Å². The van der Waals surface area contributed by atoms with Crippen molar-refractivity contribution in [1.82, 2.24) is 4.90 Å². The molecule has 0 aromatic heterocycles. The highest BCUT2D eigenvalue weighted by molar-refractivity contribution is 4.79. The predicted molar refractivity (Wildman–Crippen MR) is 61.8 cm³/mol. The number of rotatable bonds is 3. The summed E-state index contributed by atoms with van der Waals surface area (Å²) in [5.74, 6) is 0.871. The Morgan fingerprint density at radius 1 is 1.20 bits per heavy atom. The second-order valence-electron chi connectivity index (χ2n) is 5.24. The normalized spacial score (nSPS) is 37.4. The van der Waals surface area contributed by atoms with Gasteiger partial charge < -0.3 is 15.4 Å². The van der Waals surface area contributed by atoms with Crippen LogP contribution >= 0.6 is 0 Å². The summed E-state index contributed by atoms with van der Waals surface area (Å²) in [5, 5.41) is 0. The number of likely N-dealkylation sites (N-methyl/N-ethyl adjacent to an activating group) is 1. The molecule has 0 amide bonds. The van der Waals surface area contributed by atoms with Gasteiger partial charge in [-0.2, -0.15) is 0 Å². The molecule has 1 heterocycles. The van der Waals surface area contributed by atoms with Crippen LogP contribution in [-0.2, 0) is 4.74 Å². The quantitative estimate of drug-likeness (QED) is 0.764. The van der Waals surface area contributed by atoms with Crippen molar-refractivity contribution in [1.29, 1.82) is 0 Å². The van der Waals surface area contributed by atoms with Crippen molar-refractivity contribution in [2.24, 2.45) is 11.7 Å². The number of ether oxygens (including phenoxy) is 1. The summed E-state index contributed by atoms with van der Waals surface area (Å²) >= 11 is 0. The Hall–Kier alpha value is -0.120. The van der Waals surface area contributed by atoms with Crippen LogP contribution in [0.1, 0.15) is 32.1 Å². The zero-order valence-electron chi connectivity index (χ0n) is 9.82. The molecule has 1 saturated heterocycles. The van der Waals surface area contributed by atoms with E-state index >= 15 is 0 Å². The minimum atomic E-state index is 0.473. The molecule has 1 atom stereocenters. The molecule has 2 aliphatic rings. The summed E-state index contributed by atoms with van der Waals surface area (Å²) < 4.78 is 5.42. The zero-order valence-corrected chi connectivity index (χ0v) is 9.82. The summed E-state index contributed by atoms with van der Waals surface area (Å²) in [6.07, 6.45) is 6.29. The first-order valence-corrected chi connectivity index (χ1v) is 6.29. The van der Waals surface area contributed by atoms with Crippen molar-refractivity contribution < 1.29 is 4.74 Å². The van der Waals surface area contributed by atoms with E-state index in [0.29, 0.717) is 12.1 Å². The van der Waals surface area contributed by atoms with Crippen LogP contribution in [0.15, 0.2) is 0 Å². The van der Waals surface area contributed by atoms with Gasteiger partial charge in [-0.05, 0) is 45.1 Å². The molecule has 3 heteroatoms. The molecule has 2 rings (SSSR count). The number of nitrogens with two attached hydrogens (primary N) is 1. The van der Waals surface area contributed by atoms with E-state index in [0.717, 1.165) is 19.1 Å². The molecule has 0 spiro atoms. The third-order valence-electron chi connectivity index (χ3n) is 3.97. The summed E-state index contributed by atoms with van der Waals surface area (Å²) in [5.41, 5.74) is 5.92. The molecule has 2 N–H and O–H groups in total. The van der Waals surface area contributed by atoms with E-state index < -0.39 is 0 Å². The molecule has 3 nitrogen and oxygen atoms in total. The molecule has 15 heavy (non-hydrogen) atoms. The Balaban J connectivity index is 1.71. The molecule has 0 radical (unpaired) electrons. The predicted octanol–water partition coefficient (Wildman–Crippen LogP) is 1.22. The second kappa shape index (κ2) is 5.28. The Morgan fingerprint density at radius 3 is 2.53 bits per heavy atom. The van der Waals surface area contributed by atoms with Crippen LogP contribution < -0.4 is 5.73 Å². The molecule has 1 aliphatic heterocycles. The fraction of sp³-hybridized carbons (Fsp3) is 1.00. The van der Waals surface area contributed by atoms with Crippen molar-refractivity contribution in [2.75, 3.05) is 26.8 Å². The summed E-state index contributed by atoms with van der Waals surface area (Å²) in [7, 11) is 2.24. The van der Waals surface area contributed by atoms with Crippen molar-refractivity contribution in [3.05, 3.63) is 0 Å². The van der Waals surface area contributed by atoms with E-state index in [1.807, 2.05) is 0 Å². The van der Waals surface area contributed by atoms with E-state index in [1.54, 1.807) is 0 Å². The highest BCUT2D eigenvalue weighted by atomic mass is 16.5. The van der Waals surface area contributed by atoms with Gasteiger partial charge in [0, 0.05) is 25.2 Å². The van der Waals surface area contributed by atoms with Gasteiger partial charge in [0.25, 0.3) is 0 Å². The van der Waals surface area contributed by atoms with Crippen LogP contribution in [0.5, 0.6) is 0 Å².